The topological polar surface area (TPSA) is 59.1 Å². The van der Waals surface area contributed by atoms with E-state index in [1.807, 2.05) is 35.2 Å². The quantitative estimate of drug-likeness (QED) is 0.760. The molecule has 1 fully saturated rings. The van der Waals surface area contributed by atoms with Crippen molar-refractivity contribution in [3.63, 3.8) is 0 Å². The van der Waals surface area contributed by atoms with Crippen LogP contribution < -0.4 is 9.64 Å². The van der Waals surface area contributed by atoms with Crippen LogP contribution in [-0.2, 0) is 4.74 Å². The Kier molecular flexibility index (Phi) is 5.96. The van der Waals surface area contributed by atoms with E-state index in [0.29, 0.717) is 49.7 Å². The summed E-state index contributed by atoms with van der Waals surface area (Å²) in [6, 6.07) is 14.6. The van der Waals surface area contributed by atoms with Gasteiger partial charge in [-0.2, -0.15) is 0 Å². The summed E-state index contributed by atoms with van der Waals surface area (Å²) < 4.78 is 10.4. The summed E-state index contributed by atoms with van der Waals surface area (Å²) in [6.45, 7) is 4.64. The van der Waals surface area contributed by atoms with Gasteiger partial charge in [0.2, 0.25) is 0 Å². The van der Waals surface area contributed by atoms with Crippen LogP contribution in [0.15, 0.2) is 48.5 Å². The molecule has 27 heavy (non-hydrogen) atoms. The van der Waals surface area contributed by atoms with Crippen molar-refractivity contribution in [2.75, 3.05) is 44.8 Å². The molecule has 1 aliphatic rings. The van der Waals surface area contributed by atoms with Crippen LogP contribution in [0, 0.1) is 0 Å². The maximum atomic E-state index is 12.7. The Bertz CT molecular complexity index is 813. The third kappa shape index (κ3) is 4.22. The van der Waals surface area contributed by atoms with Crippen molar-refractivity contribution in [1.29, 1.82) is 0 Å². The van der Waals surface area contributed by atoms with E-state index in [0.717, 1.165) is 5.69 Å². The fraction of sp³-hybridized carbons (Fsp3) is 0.333. The van der Waals surface area contributed by atoms with Gasteiger partial charge >= 0.3 is 5.97 Å². The SMILES string of the molecule is CCOC(=O)c1ccccc1N1CCN(C(=O)c2cccc(OC)c2)CC1. The molecule has 3 rings (SSSR count). The van der Waals surface area contributed by atoms with Crippen molar-refractivity contribution in [3.05, 3.63) is 59.7 Å². The number of hydrogen-bond donors (Lipinski definition) is 0. The molecule has 2 aromatic rings. The first-order chi connectivity index (χ1) is 13.1. The summed E-state index contributed by atoms with van der Waals surface area (Å²) >= 11 is 0. The van der Waals surface area contributed by atoms with E-state index in [2.05, 4.69) is 4.90 Å². The first-order valence-corrected chi connectivity index (χ1v) is 9.08. The summed E-state index contributed by atoms with van der Waals surface area (Å²) in [6.07, 6.45) is 0. The zero-order valence-corrected chi connectivity index (χ0v) is 15.7. The number of benzene rings is 2. The van der Waals surface area contributed by atoms with Gasteiger partial charge in [-0.05, 0) is 37.3 Å². The Hall–Kier alpha value is -3.02. The number of esters is 1. The van der Waals surface area contributed by atoms with Gasteiger partial charge in [-0.25, -0.2) is 4.79 Å². The molecule has 0 aromatic heterocycles. The van der Waals surface area contributed by atoms with E-state index in [1.54, 1.807) is 32.2 Å². The van der Waals surface area contributed by atoms with Gasteiger partial charge in [0.25, 0.3) is 5.91 Å². The molecule has 1 aliphatic heterocycles. The lowest BCUT2D eigenvalue weighted by Gasteiger charge is -2.36. The molecule has 0 unspecified atom stereocenters. The minimum Gasteiger partial charge on any atom is -0.497 e. The molecule has 0 aliphatic carbocycles. The van der Waals surface area contributed by atoms with Crippen LogP contribution in [0.2, 0.25) is 0 Å². The van der Waals surface area contributed by atoms with Crippen LogP contribution >= 0.6 is 0 Å². The highest BCUT2D eigenvalue weighted by atomic mass is 16.5. The van der Waals surface area contributed by atoms with E-state index >= 15 is 0 Å². The third-order valence-corrected chi connectivity index (χ3v) is 4.62. The van der Waals surface area contributed by atoms with Crippen molar-refractivity contribution in [2.45, 2.75) is 6.92 Å². The van der Waals surface area contributed by atoms with Crippen LogP contribution in [0.1, 0.15) is 27.6 Å². The number of piperazine rings is 1. The average molecular weight is 368 g/mol. The minimum atomic E-state index is -0.317. The maximum absolute atomic E-state index is 12.7. The first kappa shape index (κ1) is 18.8. The van der Waals surface area contributed by atoms with Crippen LogP contribution in [0.4, 0.5) is 5.69 Å². The molecule has 0 radical (unpaired) electrons. The van der Waals surface area contributed by atoms with Crippen LogP contribution in [0.3, 0.4) is 0 Å². The summed E-state index contributed by atoms with van der Waals surface area (Å²) in [5, 5.41) is 0. The number of carbonyl (C=O) groups excluding carboxylic acids is 2. The fourth-order valence-electron chi connectivity index (χ4n) is 3.22. The van der Waals surface area contributed by atoms with Crippen LogP contribution in [0.25, 0.3) is 0 Å². The predicted octanol–water partition coefficient (Wildman–Crippen LogP) is 2.83. The van der Waals surface area contributed by atoms with Gasteiger partial charge < -0.3 is 19.3 Å². The molecule has 142 valence electrons. The predicted molar refractivity (Wildman–Crippen MR) is 104 cm³/mol. The Balaban J connectivity index is 1.69. The standard InChI is InChI=1S/C21H24N2O4/c1-3-27-21(25)18-9-4-5-10-19(18)22-11-13-23(14-12-22)20(24)16-7-6-8-17(15-16)26-2/h4-10,15H,3,11-14H2,1-2H3. The van der Waals surface area contributed by atoms with E-state index in [-0.39, 0.29) is 11.9 Å². The van der Waals surface area contributed by atoms with Gasteiger partial charge in [-0.3, -0.25) is 4.79 Å². The number of anilines is 1. The van der Waals surface area contributed by atoms with Crippen LogP contribution in [0.5, 0.6) is 5.75 Å². The molecule has 0 bridgehead atoms. The zero-order chi connectivity index (χ0) is 19.2. The van der Waals surface area contributed by atoms with E-state index in [4.69, 9.17) is 9.47 Å². The maximum Gasteiger partial charge on any atom is 0.340 e. The highest BCUT2D eigenvalue weighted by Crippen LogP contribution is 2.23. The number of carbonyl (C=O) groups is 2. The van der Waals surface area contributed by atoms with E-state index in [9.17, 15) is 9.59 Å². The highest BCUT2D eigenvalue weighted by molar-refractivity contribution is 5.96. The van der Waals surface area contributed by atoms with Crippen molar-refractivity contribution >= 4 is 17.6 Å². The lowest BCUT2D eigenvalue weighted by Crippen LogP contribution is -2.49. The monoisotopic (exact) mass is 368 g/mol. The average Bonchev–Trinajstić information content (AvgIpc) is 2.73. The second kappa shape index (κ2) is 8.58. The molecule has 0 N–H and O–H groups in total. The molecular weight excluding hydrogens is 344 g/mol. The highest BCUT2D eigenvalue weighted by Gasteiger charge is 2.25. The molecular formula is C21H24N2O4. The number of nitrogens with zero attached hydrogens (tertiary/aromatic N) is 2. The summed E-state index contributed by atoms with van der Waals surface area (Å²) in [4.78, 5) is 28.9. The Morgan fingerprint density at radius 3 is 2.44 bits per heavy atom. The molecule has 0 saturated carbocycles. The number of para-hydroxylation sites is 1. The van der Waals surface area contributed by atoms with Crippen molar-refractivity contribution < 1.29 is 19.1 Å². The van der Waals surface area contributed by atoms with Crippen molar-refractivity contribution in [1.82, 2.24) is 4.90 Å². The molecule has 0 spiro atoms. The van der Waals surface area contributed by atoms with E-state index < -0.39 is 0 Å². The Morgan fingerprint density at radius 2 is 1.74 bits per heavy atom. The van der Waals surface area contributed by atoms with Crippen molar-refractivity contribution in [3.8, 4) is 5.75 Å². The lowest BCUT2D eigenvalue weighted by molar-refractivity contribution is 0.0526. The first-order valence-electron chi connectivity index (χ1n) is 9.08. The number of amides is 1. The van der Waals surface area contributed by atoms with Gasteiger partial charge in [0.15, 0.2) is 0 Å². The smallest absolute Gasteiger partial charge is 0.340 e. The summed E-state index contributed by atoms with van der Waals surface area (Å²) in [7, 11) is 1.59. The van der Waals surface area contributed by atoms with Gasteiger partial charge in [0, 0.05) is 31.7 Å². The second-order valence-corrected chi connectivity index (χ2v) is 6.25. The molecule has 2 aromatic carbocycles. The minimum absolute atomic E-state index is 0.00720. The fourth-order valence-corrected chi connectivity index (χ4v) is 3.22. The Morgan fingerprint density at radius 1 is 1.00 bits per heavy atom. The van der Waals surface area contributed by atoms with E-state index in [1.165, 1.54) is 0 Å². The van der Waals surface area contributed by atoms with Gasteiger partial charge in [-0.1, -0.05) is 18.2 Å². The number of ether oxygens (including phenoxy) is 2. The lowest BCUT2D eigenvalue weighted by atomic mass is 10.1. The summed E-state index contributed by atoms with van der Waals surface area (Å²) in [5.74, 6) is 0.345. The normalized spacial score (nSPS) is 14.0. The van der Waals surface area contributed by atoms with Gasteiger partial charge in [-0.15, -0.1) is 0 Å². The van der Waals surface area contributed by atoms with Gasteiger partial charge in [0.1, 0.15) is 5.75 Å². The molecule has 0 atom stereocenters. The van der Waals surface area contributed by atoms with Crippen molar-refractivity contribution in [2.24, 2.45) is 0 Å². The zero-order valence-electron chi connectivity index (χ0n) is 15.7. The second-order valence-electron chi connectivity index (χ2n) is 6.25. The molecule has 1 saturated heterocycles. The van der Waals surface area contributed by atoms with Crippen LogP contribution in [-0.4, -0.2) is 56.7 Å². The molecule has 6 nitrogen and oxygen atoms in total. The number of hydrogen-bond acceptors (Lipinski definition) is 5. The third-order valence-electron chi connectivity index (χ3n) is 4.62. The molecule has 6 heteroatoms. The molecule has 1 heterocycles. The number of methoxy groups -OCH3 is 1. The number of rotatable bonds is 5. The largest absolute Gasteiger partial charge is 0.497 e. The summed E-state index contributed by atoms with van der Waals surface area (Å²) in [5.41, 5.74) is 2.03. The molecule has 1 amide bonds. The Labute approximate surface area is 159 Å². The van der Waals surface area contributed by atoms with Gasteiger partial charge in [0.05, 0.1) is 25.0 Å².